The molecule has 3 N–H and O–H groups in total. The average Bonchev–Trinajstić information content (AvgIpc) is 2.45. The molecule has 0 saturated heterocycles. The minimum absolute atomic E-state index is 0.527. The zero-order valence-electron chi connectivity index (χ0n) is 14.8. The van der Waals surface area contributed by atoms with Crippen molar-refractivity contribution in [1.82, 2.24) is 10.2 Å². The fourth-order valence-electron chi connectivity index (χ4n) is 2.03. The Balaban J connectivity index is 2.61. The molecule has 0 spiro atoms. The van der Waals surface area contributed by atoms with Crippen LogP contribution in [0.1, 0.15) is 45.2 Å². The lowest BCUT2D eigenvalue weighted by Gasteiger charge is -2.22. The van der Waals surface area contributed by atoms with Crippen LogP contribution >= 0.6 is 0 Å². The number of hydrogen-bond acceptors (Lipinski definition) is 2. The molecule has 0 amide bonds. The van der Waals surface area contributed by atoms with Crippen LogP contribution in [0.2, 0.25) is 0 Å². The van der Waals surface area contributed by atoms with Crippen LogP contribution in [0, 0.1) is 5.92 Å². The highest BCUT2D eigenvalue weighted by molar-refractivity contribution is 5.77. The summed E-state index contributed by atoms with van der Waals surface area (Å²) in [7, 11) is 2.15. The van der Waals surface area contributed by atoms with Gasteiger partial charge in [0.25, 0.3) is 0 Å². The number of rotatable bonds is 8. The molecule has 1 aromatic rings. The lowest BCUT2D eigenvalue weighted by Crippen LogP contribution is -2.33. The Morgan fingerprint density at radius 2 is 1.82 bits per heavy atom. The maximum absolute atomic E-state index is 5.94. The standard InChI is InChI=1S/C18H32N4/c1-14(2)10-11-20-18(19)21-12-16-8-6-7-9-17(16)13-22(5)15(3)4/h6-9,14-15H,10-13H2,1-5H3,(H3,19,20,21). The molecule has 1 rings (SSSR count). The lowest BCUT2D eigenvalue weighted by atomic mass is 10.1. The zero-order chi connectivity index (χ0) is 16.5. The molecule has 4 nitrogen and oxygen atoms in total. The lowest BCUT2D eigenvalue weighted by molar-refractivity contribution is 0.265. The highest BCUT2D eigenvalue weighted by atomic mass is 15.1. The van der Waals surface area contributed by atoms with E-state index >= 15 is 0 Å². The van der Waals surface area contributed by atoms with E-state index in [1.54, 1.807) is 0 Å². The monoisotopic (exact) mass is 304 g/mol. The first kappa shape index (κ1) is 18.5. The van der Waals surface area contributed by atoms with E-state index in [0.29, 0.717) is 24.5 Å². The third-order valence-electron chi connectivity index (χ3n) is 3.87. The third kappa shape index (κ3) is 6.94. The summed E-state index contributed by atoms with van der Waals surface area (Å²) in [6.07, 6.45) is 1.10. The molecule has 0 radical (unpaired) electrons. The first-order valence-electron chi connectivity index (χ1n) is 8.21. The van der Waals surface area contributed by atoms with Crippen molar-refractivity contribution in [2.45, 2.75) is 53.2 Å². The summed E-state index contributed by atoms with van der Waals surface area (Å²) in [6.45, 7) is 11.3. The molecule has 22 heavy (non-hydrogen) atoms. The third-order valence-corrected chi connectivity index (χ3v) is 3.87. The van der Waals surface area contributed by atoms with E-state index in [-0.39, 0.29) is 0 Å². The number of guanidine groups is 1. The van der Waals surface area contributed by atoms with Crippen molar-refractivity contribution >= 4 is 5.96 Å². The molecule has 1 aromatic carbocycles. The molecule has 0 aliphatic carbocycles. The van der Waals surface area contributed by atoms with Crippen LogP contribution in [0.5, 0.6) is 0 Å². The van der Waals surface area contributed by atoms with Crippen molar-refractivity contribution < 1.29 is 0 Å². The summed E-state index contributed by atoms with van der Waals surface area (Å²) in [5.41, 5.74) is 8.49. The van der Waals surface area contributed by atoms with Crippen LogP contribution in [0.3, 0.4) is 0 Å². The number of hydrogen-bond donors (Lipinski definition) is 2. The second kappa shape index (κ2) is 9.46. The van der Waals surface area contributed by atoms with Gasteiger partial charge in [0.15, 0.2) is 5.96 Å². The fraction of sp³-hybridized carbons (Fsp3) is 0.611. The maximum atomic E-state index is 5.94. The van der Waals surface area contributed by atoms with Gasteiger partial charge >= 0.3 is 0 Å². The SMILES string of the molecule is CC(C)CCNC(N)=NCc1ccccc1CN(C)C(C)C. The Kier molecular flexibility index (Phi) is 7.96. The van der Waals surface area contributed by atoms with Crippen LogP contribution in [-0.4, -0.2) is 30.5 Å². The molecule has 0 atom stereocenters. The number of nitrogens with zero attached hydrogens (tertiary/aromatic N) is 2. The molecule has 0 aromatic heterocycles. The van der Waals surface area contributed by atoms with Gasteiger partial charge in [-0.15, -0.1) is 0 Å². The number of benzene rings is 1. The van der Waals surface area contributed by atoms with Gasteiger partial charge in [0.05, 0.1) is 6.54 Å². The van der Waals surface area contributed by atoms with Crippen LogP contribution in [0.25, 0.3) is 0 Å². The summed E-state index contributed by atoms with van der Waals surface area (Å²) >= 11 is 0. The molecule has 0 aliphatic heterocycles. The molecule has 4 heteroatoms. The Hall–Kier alpha value is -1.55. The highest BCUT2D eigenvalue weighted by Crippen LogP contribution is 2.13. The predicted octanol–water partition coefficient (Wildman–Crippen LogP) is 2.98. The molecule has 0 unspecified atom stereocenters. The van der Waals surface area contributed by atoms with Crippen LogP contribution < -0.4 is 11.1 Å². The van der Waals surface area contributed by atoms with Crippen molar-refractivity contribution in [1.29, 1.82) is 0 Å². The number of nitrogens with two attached hydrogens (primary N) is 1. The van der Waals surface area contributed by atoms with E-state index in [0.717, 1.165) is 19.5 Å². The Bertz CT molecular complexity index is 466. The van der Waals surface area contributed by atoms with E-state index in [1.165, 1.54) is 11.1 Å². The van der Waals surface area contributed by atoms with Gasteiger partial charge in [-0.1, -0.05) is 38.1 Å². The van der Waals surface area contributed by atoms with E-state index in [4.69, 9.17) is 5.73 Å². The minimum Gasteiger partial charge on any atom is -0.370 e. The van der Waals surface area contributed by atoms with E-state index in [9.17, 15) is 0 Å². The number of nitrogens with one attached hydrogen (secondary N) is 1. The predicted molar refractivity (Wildman–Crippen MR) is 95.8 cm³/mol. The van der Waals surface area contributed by atoms with Crippen LogP contribution in [-0.2, 0) is 13.1 Å². The summed E-state index contributed by atoms with van der Waals surface area (Å²) in [5.74, 6) is 1.21. The van der Waals surface area contributed by atoms with Crippen molar-refractivity contribution in [2.75, 3.05) is 13.6 Å². The summed E-state index contributed by atoms with van der Waals surface area (Å²) in [4.78, 5) is 6.80. The van der Waals surface area contributed by atoms with Gasteiger partial charge in [-0.3, -0.25) is 4.90 Å². The molecule has 0 fully saturated rings. The van der Waals surface area contributed by atoms with Crippen molar-refractivity contribution in [2.24, 2.45) is 16.6 Å². The maximum Gasteiger partial charge on any atom is 0.188 e. The molecule has 0 bridgehead atoms. The topological polar surface area (TPSA) is 53.6 Å². The first-order chi connectivity index (χ1) is 10.4. The highest BCUT2D eigenvalue weighted by Gasteiger charge is 2.07. The van der Waals surface area contributed by atoms with Gasteiger partial charge in [-0.25, -0.2) is 4.99 Å². The van der Waals surface area contributed by atoms with Crippen LogP contribution in [0.4, 0.5) is 0 Å². The van der Waals surface area contributed by atoms with Gasteiger partial charge in [0, 0.05) is 19.1 Å². The van der Waals surface area contributed by atoms with Gasteiger partial charge in [0.1, 0.15) is 0 Å². The number of aliphatic imine (C=N–C) groups is 1. The molecule has 0 aliphatic rings. The summed E-state index contributed by atoms with van der Waals surface area (Å²) in [6, 6.07) is 8.98. The van der Waals surface area contributed by atoms with Gasteiger partial charge < -0.3 is 11.1 Å². The Morgan fingerprint density at radius 1 is 1.18 bits per heavy atom. The van der Waals surface area contributed by atoms with Crippen molar-refractivity contribution in [3.05, 3.63) is 35.4 Å². The second-order valence-electron chi connectivity index (χ2n) is 6.59. The van der Waals surface area contributed by atoms with Crippen molar-refractivity contribution in [3.8, 4) is 0 Å². The van der Waals surface area contributed by atoms with E-state index in [2.05, 4.69) is 74.2 Å². The Labute approximate surface area is 135 Å². The summed E-state index contributed by atoms with van der Waals surface area (Å²) < 4.78 is 0. The van der Waals surface area contributed by atoms with Gasteiger partial charge in [-0.2, -0.15) is 0 Å². The molecular weight excluding hydrogens is 272 g/mol. The van der Waals surface area contributed by atoms with Crippen molar-refractivity contribution in [3.63, 3.8) is 0 Å². The second-order valence-corrected chi connectivity index (χ2v) is 6.59. The molecule has 124 valence electrons. The molecular formula is C18H32N4. The zero-order valence-corrected chi connectivity index (χ0v) is 14.8. The first-order valence-corrected chi connectivity index (χ1v) is 8.21. The average molecular weight is 304 g/mol. The van der Waals surface area contributed by atoms with E-state index < -0.39 is 0 Å². The quantitative estimate of drug-likeness (QED) is 0.573. The van der Waals surface area contributed by atoms with Crippen LogP contribution in [0.15, 0.2) is 29.3 Å². The molecule has 0 heterocycles. The van der Waals surface area contributed by atoms with E-state index in [1.807, 2.05) is 0 Å². The van der Waals surface area contributed by atoms with Gasteiger partial charge in [0.2, 0.25) is 0 Å². The normalized spacial score (nSPS) is 12.5. The molecule has 0 saturated carbocycles. The summed E-state index contributed by atoms with van der Waals surface area (Å²) in [5, 5.41) is 3.18. The minimum atomic E-state index is 0.527. The smallest absolute Gasteiger partial charge is 0.188 e. The fourth-order valence-corrected chi connectivity index (χ4v) is 2.03. The largest absolute Gasteiger partial charge is 0.370 e. The van der Waals surface area contributed by atoms with Gasteiger partial charge in [-0.05, 0) is 44.4 Å². The Morgan fingerprint density at radius 3 is 2.41 bits per heavy atom.